The van der Waals surface area contributed by atoms with Gasteiger partial charge >= 0.3 is 0 Å². The Morgan fingerprint density at radius 1 is 1.29 bits per heavy atom. The van der Waals surface area contributed by atoms with Crippen LogP contribution in [0.15, 0.2) is 24.3 Å². The van der Waals surface area contributed by atoms with Gasteiger partial charge in [0, 0.05) is 13.1 Å². The fraction of sp³-hybridized carbons (Fsp3) is 0.455. The van der Waals surface area contributed by atoms with Crippen LogP contribution in [0.3, 0.4) is 0 Å². The van der Waals surface area contributed by atoms with E-state index in [2.05, 4.69) is 5.32 Å². The highest BCUT2D eigenvalue weighted by Gasteiger charge is 2.01. The lowest BCUT2D eigenvalue weighted by Crippen LogP contribution is -2.26. The summed E-state index contributed by atoms with van der Waals surface area (Å²) in [6.07, 6.45) is 0. The molecule has 17 heavy (non-hydrogen) atoms. The molecule has 0 bridgehead atoms. The minimum Gasteiger partial charge on any atom is -0.494 e. The lowest BCUT2D eigenvalue weighted by molar-refractivity contribution is 0.340. The Kier molecular flexibility index (Phi) is 5.40. The molecular formula is C11H18N2O3S. The van der Waals surface area contributed by atoms with Gasteiger partial charge in [0.25, 0.3) is 0 Å². The molecule has 1 aromatic carbocycles. The van der Waals surface area contributed by atoms with Gasteiger partial charge in [-0.15, -0.1) is 0 Å². The SMILES string of the molecule is CCOc1ccc(CNCCS(N)(=O)=O)cc1. The maximum atomic E-state index is 10.7. The Bertz CT molecular complexity index is 429. The van der Waals surface area contributed by atoms with Gasteiger partial charge in [0.1, 0.15) is 5.75 Å². The monoisotopic (exact) mass is 258 g/mol. The zero-order valence-corrected chi connectivity index (χ0v) is 10.7. The number of nitrogens with one attached hydrogen (secondary N) is 1. The van der Waals surface area contributed by atoms with Gasteiger partial charge in [0.2, 0.25) is 10.0 Å². The van der Waals surface area contributed by atoms with Crippen LogP contribution < -0.4 is 15.2 Å². The van der Waals surface area contributed by atoms with Gasteiger partial charge in [-0.25, -0.2) is 13.6 Å². The van der Waals surface area contributed by atoms with Crippen LogP contribution in [0.2, 0.25) is 0 Å². The van der Waals surface area contributed by atoms with E-state index in [-0.39, 0.29) is 5.75 Å². The quantitative estimate of drug-likeness (QED) is 0.696. The van der Waals surface area contributed by atoms with Gasteiger partial charge < -0.3 is 10.1 Å². The van der Waals surface area contributed by atoms with Crippen LogP contribution in [0.5, 0.6) is 5.75 Å². The Morgan fingerprint density at radius 3 is 2.47 bits per heavy atom. The summed E-state index contributed by atoms with van der Waals surface area (Å²) < 4.78 is 26.7. The Morgan fingerprint density at radius 2 is 1.94 bits per heavy atom. The van der Waals surface area contributed by atoms with E-state index < -0.39 is 10.0 Å². The van der Waals surface area contributed by atoms with Crippen molar-refractivity contribution in [2.45, 2.75) is 13.5 Å². The van der Waals surface area contributed by atoms with E-state index in [4.69, 9.17) is 9.88 Å². The van der Waals surface area contributed by atoms with E-state index in [0.717, 1.165) is 11.3 Å². The van der Waals surface area contributed by atoms with E-state index in [1.165, 1.54) is 0 Å². The molecule has 0 heterocycles. The molecule has 0 aliphatic rings. The van der Waals surface area contributed by atoms with Crippen molar-refractivity contribution in [3.63, 3.8) is 0 Å². The van der Waals surface area contributed by atoms with Gasteiger partial charge in [-0.05, 0) is 24.6 Å². The first-order valence-corrected chi connectivity index (χ1v) is 7.16. The first kappa shape index (κ1) is 14.0. The zero-order valence-electron chi connectivity index (χ0n) is 9.85. The molecule has 0 aromatic heterocycles. The Hall–Kier alpha value is -1.11. The molecule has 3 N–H and O–H groups in total. The molecule has 0 amide bonds. The molecule has 1 aromatic rings. The Labute approximate surface area is 102 Å². The van der Waals surface area contributed by atoms with Crippen LogP contribution in [-0.4, -0.2) is 27.3 Å². The molecule has 0 saturated carbocycles. The predicted octanol–water partition coefficient (Wildman–Crippen LogP) is 0.463. The van der Waals surface area contributed by atoms with E-state index in [0.29, 0.717) is 19.7 Å². The predicted molar refractivity (Wildman–Crippen MR) is 67.3 cm³/mol. The summed E-state index contributed by atoms with van der Waals surface area (Å²) >= 11 is 0. The van der Waals surface area contributed by atoms with Crippen LogP contribution in [0, 0.1) is 0 Å². The summed E-state index contributed by atoms with van der Waals surface area (Å²) in [7, 11) is -3.38. The van der Waals surface area contributed by atoms with Crippen molar-refractivity contribution in [3.8, 4) is 5.75 Å². The van der Waals surface area contributed by atoms with E-state index >= 15 is 0 Å². The van der Waals surface area contributed by atoms with Crippen LogP contribution in [0.1, 0.15) is 12.5 Å². The summed E-state index contributed by atoms with van der Waals surface area (Å²) in [5.41, 5.74) is 1.07. The number of ether oxygens (including phenoxy) is 1. The van der Waals surface area contributed by atoms with Crippen molar-refractivity contribution >= 4 is 10.0 Å². The second kappa shape index (κ2) is 6.58. The number of hydrogen-bond donors (Lipinski definition) is 2. The van der Waals surface area contributed by atoms with Crippen molar-refractivity contribution in [2.75, 3.05) is 18.9 Å². The third-order valence-electron chi connectivity index (χ3n) is 2.13. The number of sulfonamides is 1. The number of hydrogen-bond acceptors (Lipinski definition) is 4. The molecule has 0 spiro atoms. The lowest BCUT2D eigenvalue weighted by atomic mass is 10.2. The van der Waals surface area contributed by atoms with Crippen molar-refractivity contribution in [2.24, 2.45) is 5.14 Å². The van der Waals surface area contributed by atoms with E-state index in [9.17, 15) is 8.42 Å². The molecule has 5 nitrogen and oxygen atoms in total. The molecule has 0 atom stereocenters. The average molecular weight is 258 g/mol. The highest BCUT2D eigenvalue weighted by atomic mass is 32.2. The highest BCUT2D eigenvalue weighted by molar-refractivity contribution is 7.89. The van der Waals surface area contributed by atoms with Gasteiger partial charge in [0.05, 0.1) is 12.4 Å². The number of primary sulfonamides is 1. The normalized spacial score (nSPS) is 11.4. The lowest BCUT2D eigenvalue weighted by Gasteiger charge is -2.06. The number of nitrogens with two attached hydrogens (primary N) is 1. The standard InChI is InChI=1S/C11H18N2O3S/c1-2-16-11-5-3-10(4-6-11)9-13-7-8-17(12,14)15/h3-6,13H,2,7-9H2,1H3,(H2,12,14,15). The molecule has 6 heteroatoms. The fourth-order valence-electron chi connectivity index (χ4n) is 1.32. The maximum absolute atomic E-state index is 10.7. The summed E-state index contributed by atoms with van der Waals surface area (Å²) in [4.78, 5) is 0. The third-order valence-corrected chi connectivity index (χ3v) is 2.90. The molecule has 0 unspecified atom stereocenters. The minimum absolute atomic E-state index is 0.0516. The second-order valence-electron chi connectivity index (χ2n) is 3.62. The van der Waals surface area contributed by atoms with Crippen molar-refractivity contribution in [3.05, 3.63) is 29.8 Å². The van der Waals surface area contributed by atoms with Crippen molar-refractivity contribution in [1.29, 1.82) is 0 Å². The van der Waals surface area contributed by atoms with Crippen molar-refractivity contribution < 1.29 is 13.2 Å². The van der Waals surface area contributed by atoms with Crippen LogP contribution >= 0.6 is 0 Å². The molecule has 0 radical (unpaired) electrons. The summed E-state index contributed by atoms with van der Waals surface area (Å²) in [6.45, 7) is 3.54. The smallest absolute Gasteiger partial charge is 0.210 e. The molecule has 96 valence electrons. The highest BCUT2D eigenvalue weighted by Crippen LogP contribution is 2.11. The average Bonchev–Trinajstić information content (AvgIpc) is 2.26. The second-order valence-corrected chi connectivity index (χ2v) is 5.35. The van der Waals surface area contributed by atoms with Crippen LogP contribution in [0.25, 0.3) is 0 Å². The van der Waals surface area contributed by atoms with Crippen molar-refractivity contribution in [1.82, 2.24) is 5.32 Å². The van der Waals surface area contributed by atoms with Crippen LogP contribution in [-0.2, 0) is 16.6 Å². The zero-order chi connectivity index (χ0) is 12.7. The molecular weight excluding hydrogens is 240 g/mol. The Balaban J connectivity index is 2.32. The molecule has 1 rings (SSSR count). The summed E-state index contributed by atoms with van der Waals surface area (Å²) in [5.74, 6) is 0.783. The van der Waals surface area contributed by atoms with Gasteiger partial charge in [-0.3, -0.25) is 0 Å². The maximum Gasteiger partial charge on any atom is 0.210 e. The topological polar surface area (TPSA) is 81.4 Å². The van der Waals surface area contributed by atoms with Gasteiger partial charge in [-0.2, -0.15) is 0 Å². The summed E-state index contributed by atoms with van der Waals surface area (Å²) in [6, 6.07) is 7.66. The molecule has 0 fully saturated rings. The van der Waals surface area contributed by atoms with Crippen LogP contribution in [0.4, 0.5) is 0 Å². The third kappa shape index (κ3) is 6.25. The molecule has 0 aliphatic heterocycles. The van der Waals surface area contributed by atoms with E-state index in [1.54, 1.807) is 0 Å². The fourth-order valence-corrected chi connectivity index (χ4v) is 1.75. The molecule has 0 aliphatic carbocycles. The first-order valence-electron chi connectivity index (χ1n) is 5.44. The minimum atomic E-state index is -3.38. The number of rotatable bonds is 7. The molecule has 0 saturated heterocycles. The summed E-state index contributed by atoms with van der Waals surface area (Å²) in [5, 5.41) is 7.89. The van der Waals surface area contributed by atoms with E-state index in [1.807, 2.05) is 31.2 Å². The largest absolute Gasteiger partial charge is 0.494 e. The van der Waals surface area contributed by atoms with Gasteiger partial charge in [-0.1, -0.05) is 12.1 Å². The first-order chi connectivity index (χ1) is 8.01. The number of benzene rings is 1. The van der Waals surface area contributed by atoms with Gasteiger partial charge in [0.15, 0.2) is 0 Å².